The topological polar surface area (TPSA) is 101 Å². The van der Waals surface area contributed by atoms with Crippen molar-refractivity contribution in [3.8, 4) is 11.3 Å². The van der Waals surface area contributed by atoms with E-state index in [1.54, 1.807) is 36.5 Å². The molecule has 2 aromatic rings. The fourth-order valence-corrected chi connectivity index (χ4v) is 3.92. The number of rotatable bonds is 4. The van der Waals surface area contributed by atoms with Gasteiger partial charge in [0.2, 0.25) is 5.95 Å². The van der Waals surface area contributed by atoms with E-state index in [1.165, 1.54) is 6.26 Å². The molecule has 0 saturated carbocycles. The summed E-state index contributed by atoms with van der Waals surface area (Å²) in [4.78, 5) is 23.4. The molecular weight excluding hydrogens is 404 g/mol. The monoisotopic (exact) mass is 432 g/mol. The maximum Gasteiger partial charge on any atom is 0.407 e. The highest BCUT2D eigenvalue weighted by molar-refractivity contribution is 7.90. The summed E-state index contributed by atoms with van der Waals surface area (Å²) >= 11 is 0. The average Bonchev–Trinajstić information content (AvgIpc) is 2.66. The zero-order valence-electron chi connectivity index (χ0n) is 17.8. The molecule has 162 valence electrons. The first-order valence-electron chi connectivity index (χ1n) is 9.89. The van der Waals surface area contributed by atoms with Crippen molar-refractivity contribution in [1.29, 1.82) is 0 Å². The number of nitrogens with zero attached hydrogens (tertiary/aromatic N) is 3. The Balaban J connectivity index is 1.71. The van der Waals surface area contributed by atoms with Crippen molar-refractivity contribution in [2.75, 3.05) is 24.2 Å². The maximum absolute atomic E-state index is 12.1. The van der Waals surface area contributed by atoms with Crippen LogP contribution in [-0.2, 0) is 14.6 Å². The van der Waals surface area contributed by atoms with E-state index in [1.807, 2.05) is 25.7 Å². The number of nitrogens with one attached hydrogen (secondary N) is 1. The standard InChI is InChI=1S/C21H28N4O4S/c1-21(2,3)29-20(26)23-16-6-5-13-25(14-16)19-22-12-11-18(24-19)15-7-9-17(10-8-15)30(4,27)28/h7-12,16H,5-6,13-14H2,1-4H3,(H,23,26)/t16-/m0/s1. The lowest BCUT2D eigenvalue weighted by atomic mass is 10.1. The van der Waals surface area contributed by atoms with E-state index < -0.39 is 21.5 Å². The minimum atomic E-state index is -3.24. The van der Waals surface area contributed by atoms with Crippen LogP contribution >= 0.6 is 0 Å². The maximum atomic E-state index is 12.1. The smallest absolute Gasteiger partial charge is 0.407 e. The van der Waals surface area contributed by atoms with Crippen LogP contribution < -0.4 is 10.2 Å². The number of carbonyl (C=O) groups is 1. The van der Waals surface area contributed by atoms with Gasteiger partial charge in [0.25, 0.3) is 0 Å². The first-order valence-corrected chi connectivity index (χ1v) is 11.8. The number of hydrogen-bond donors (Lipinski definition) is 1. The van der Waals surface area contributed by atoms with Crippen LogP contribution in [0, 0.1) is 0 Å². The Bertz CT molecular complexity index is 1000. The van der Waals surface area contributed by atoms with Crippen LogP contribution in [0.2, 0.25) is 0 Å². The number of carbonyl (C=O) groups excluding carboxylic acids is 1. The molecule has 0 radical (unpaired) electrons. The summed E-state index contributed by atoms with van der Waals surface area (Å²) in [7, 11) is -3.24. The van der Waals surface area contributed by atoms with Crippen LogP contribution in [0.4, 0.5) is 10.7 Å². The van der Waals surface area contributed by atoms with E-state index in [0.717, 1.165) is 24.9 Å². The average molecular weight is 433 g/mol. The molecule has 1 amide bonds. The van der Waals surface area contributed by atoms with E-state index in [2.05, 4.69) is 15.3 Å². The fraction of sp³-hybridized carbons (Fsp3) is 0.476. The second-order valence-electron chi connectivity index (χ2n) is 8.47. The lowest BCUT2D eigenvalue weighted by Crippen LogP contribution is -2.49. The van der Waals surface area contributed by atoms with Gasteiger partial charge in [-0.05, 0) is 51.8 Å². The lowest BCUT2D eigenvalue weighted by molar-refractivity contribution is 0.0500. The Labute approximate surface area is 177 Å². The van der Waals surface area contributed by atoms with Crippen LogP contribution in [-0.4, -0.2) is 55.5 Å². The molecule has 1 aliphatic rings. The fourth-order valence-electron chi connectivity index (χ4n) is 3.29. The number of aromatic nitrogens is 2. The molecule has 1 N–H and O–H groups in total. The molecule has 1 aromatic heterocycles. The Morgan fingerprint density at radius 2 is 1.90 bits per heavy atom. The Kier molecular flexibility index (Phi) is 6.30. The summed E-state index contributed by atoms with van der Waals surface area (Å²) in [6.07, 6.45) is 4.21. The van der Waals surface area contributed by atoms with Crippen LogP contribution in [0.3, 0.4) is 0 Å². The molecule has 8 nitrogen and oxygen atoms in total. The molecular formula is C21H28N4O4S. The molecule has 0 unspecified atom stereocenters. The number of ether oxygens (including phenoxy) is 1. The van der Waals surface area contributed by atoms with Crippen molar-refractivity contribution < 1.29 is 17.9 Å². The van der Waals surface area contributed by atoms with Gasteiger partial charge < -0.3 is 15.0 Å². The molecule has 2 heterocycles. The largest absolute Gasteiger partial charge is 0.444 e. The number of anilines is 1. The van der Waals surface area contributed by atoms with Gasteiger partial charge in [-0.3, -0.25) is 0 Å². The van der Waals surface area contributed by atoms with Gasteiger partial charge in [-0.1, -0.05) is 12.1 Å². The molecule has 1 aliphatic heterocycles. The summed E-state index contributed by atoms with van der Waals surface area (Å²) in [5.74, 6) is 0.579. The molecule has 30 heavy (non-hydrogen) atoms. The lowest BCUT2D eigenvalue weighted by Gasteiger charge is -2.33. The number of amides is 1. The molecule has 1 atom stereocenters. The minimum Gasteiger partial charge on any atom is -0.444 e. The number of sulfone groups is 1. The molecule has 1 fully saturated rings. The summed E-state index contributed by atoms with van der Waals surface area (Å²) in [6, 6.07) is 8.38. The van der Waals surface area contributed by atoms with Gasteiger partial charge in [0.1, 0.15) is 5.60 Å². The number of benzene rings is 1. The van der Waals surface area contributed by atoms with E-state index >= 15 is 0 Å². The van der Waals surface area contributed by atoms with Crippen molar-refractivity contribution in [2.45, 2.75) is 50.2 Å². The van der Waals surface area contributed by atoms with Crippen molar-refractivity contribution >= 4 is 21.9 Å². The molecule has 1 aromatic carbocycles. The highest BCUT2D eigenvalue weighted by atomic mass is 32.2. The van der Waals surface area contributed by atoms with Crippen molar-refractivity contribution in [1.82, 2.24) is 15.3 Å². The number of alkyl carbamates (subject to hydrolysis) is 1. The molecule has 0 spiro atoms. The van der Waals surface area contributed by atoms with Crippen LogP contribution in [0.1, 0.15) is 33.6 Å². The van der Waals surface area contributed by atoms with Crippen molar-refractivity contribution in [2.24, 2.45) is 0 Å². The van der Waals surface area contributed by atoms with Gasteiger partial charge in [-0.25, -0.2) is 23.2 Å². The van der Waals surface area contributed by atoms with Crippen LogP contribution in [0.5, 0.6) is 0 Å². The van der Waals surface area contributed by atoms with Crippen LogP contribution in [0.25, 0.3) is 11.3 Å². The number of hydrogen-bond acceptors (Lipinski definition) is 7. The third kappa shape index (κ3) is 5.91. The van der Waals surface area contributed by atoms with Gasteiger partial charge in [0.05, 0.1) is 10.6 Å². The summed E-state index contributed by atoms with van der Waals surface area (Å²) in [6.45, 7) is 6.89. The first-order chi connectivity index (χ1) is 14.0. The highest BCUT2D eigenvalue weighted by Gasteiger charge is 2.25. The van der Waals surface area contributed by atoms with E-state index in [-0.39, 0.29) is 10.9 Å². The number of piperidine rings is 1. The first kappa shape index (κ1) is 22.0. The zero-order valence-corrected chi connectivity index (χ0v) is 18.6. The molecule has 0 aliphatic carbocycles. The Morgan fingerprint density at radius 3 is 2.53 bits per heavy atom. The van der Waals surface area contributed by atoms with E-state index in [0.29, 0.717) is 18.2 Å². The van der Waals surface area contributed by atoms with Gasteiger partial charge in [0.15, 0.2) is 9.84 Å². The van der Waals surface area contributed by atoms with Gasteiger partial charge in [0, 0.05) is 37.1 Å². The molecule has 0 bridgehead atoms. The normalized spacial score (nSPS) is 17.5. The predicted octanol–water partition coefficient (Wildman–Crippen LogP) is 3.04. The second-order valence-corrected chi connectivity index (χ2v) is 10.5. The zero-order chi connectivity index (χ0) is 21.9. The predicted molar refractivity (Wildman–Crippen MR) is 115 cm³/mol. The van der Waals surface area contributed by atoms with E-state index in [4.69, 9.17) is 4.74 Å². The second kappa shape index (κ2) is 8.59. The molecule has 1 saturated heterocycles. The Morgan fingerprint density at radius 1 is 1.20 bits per heavy atom. The van der Waals surface area contributed by atoms with Gasteiger partial charge in [-0.2, -0.15) is 0 Å². The van der Waals surface area contributed by atoms with Crippen molar-refractivity contribution in [3.05, 3.63) is 36.5 Å². The Hall–Kier alpha value is -2.68. The van der Waals surface area contributed by atoms with Gasteiger partial charge >= 0.3 is 6.09 Å². The van der Waals surface area contributed by atoms with Crippen LogP contribution in [0.15, 0.2) is 41.4 Å². The van der Waals surface area contributed by atoms with E-state index in [9.17, 15) is 13.2 Å². The highest BCUT2D eigenvalue weighted by Crippen LogP contribution is 2.23. The molecule has 3 rings (SSSR count). The summed E-state index contributed by atoms with van der Waals surface area (Å²) < 4.78 is 28.7. The quantitative estimate of drug-likeness (QED) is 0.792. The summed E-state index contributed by atoms with van der Waals surface area (Å²) in [5, 5.41) is 2.93. The van der Waals surface area contributed by atoms with Crippen molar-refractivity contribution in [3.63, 3.8) is 0 Å². The third-order valence-electron chi connectivity index (χ3n) is 4.65. The molecule has 9 heteroatoms. The van der Waals surface area contributed by atoms with Gasteiger partial charge in [-0.15, -0.1) is 0 Å². The third-order valence-corrected chi connectivity index (χ3v) is 5.77. The SMILES string of the molecule is CC(C)(C)OC(=O)N[C@H]1CCCN(c2nccc(-c3ccc(S(C)(=O)=O)cc3)n2)C1. The minimum absolute atomic E-state index is 0.0464. The summed E-state index contributed by atoms with van der Waals surface area (Å²) in [5.41, 5.74) is 0.983.